The lowest BCUT2D eigenvalue weighted by Crippen LogP contribution is -2.46. The first-order valence-corrected chi connectivity index (χ1v) is 8.44. The maximum Gasteiger partial charge on any atom is 0.175 e. The van der Waals surface area contributed by atoms with Gasteiger partial charge in [-0.25, -0.2) is 13.5 Å². The highest BCUT2D eigenvalue weighted by molar-refractivity contribution is 5.40. The molecule has 4 rings (SSSR count). The lowest BCUT2D eigenvalue weighted by molar-refractivity contribution is 0.246. The Morgan fingerprint density at radius 3 is 2.35 bits per heavy atom. The lowest BCUT2D eigenvalue weighted by atomic mass is 10.2. The molecule has 0 radical (unpaired) electrons. The van der Waals surface area contributed by atoms with E-state index in [1.165, 1.54) is 12.1 Å². The molecule has 0 amide bonds. The van der Waals surface area contributed by atoms with Gasteiger partial charge in [-0.15, -0.1) is 10.2 Å². The fraction of sp³-hybridized carbons (Fsp3) is 0.278. The summed E-state index contributed by atoms with van der Waals surface area (Å²) in [6, 6.07) is 9.39. The normalized spacial score (nSPS) is 15.4. The van der Waals surface area contributed by atoms with E-state index in [1.54, 1.807) is 10.9 Å². The van der Waals surface area contributed by atoms with Gasteiger partial charge in [-0.1, -0.05) is 6.07 Å². The van der Waals surface area contributed by atoms with Crippen molar-refractivity contribution >= 4 is 5.82 Å². The quantitative estimate of drug-likeness (QED) is 0.718. The van der Waals surface area contributed by atoms with Crippen LogP contribution in [0.5, 0.6) is 0 Å². The van der Waals surface area contributed by atoms with Gasteiger partial charge < -0.3 is 4.90 Å². The van der Waals surface area contributed by atoms with Crippen molar-refractivity contribution in [1.29, 1.82) is 0 Å². The maximum absolute atomic E-state index is 13.8. The minimum atomic E-state index is -0.548. The Morgan fingerprint density at radius 2 is 1.69 bits per heavy atom. The molecule has 0 bridgehead atoms. The first-order valence-electron chi connectivity index (χ1n) is 8.44. The standard InChI is InChI=1S/C18H18F2N6/c19-15-3-2-14(16(20)12-15)13-24-8-10-25(11-9-24)17-4-5-18(23-22-17)26-7-1-6-21-26/h1-7,12H,8-11,13H2. The third kappa shape index (κ3) is 3.55. The van der Waals surface area contributed by atoms with Crippen LogP contribution in [0.15, 0.2) is 48.8 Å². The van der Waals surface area contributed by atoms with Crippen molar-refractivity contribution < 1.29 is 8.78 Å². The van der Waals surface area contributed by atoms with Crippen LogP contribution in [0, 0.1) is 11.6 Å². The minimum Gasteiger partial charge on any atom is -0.353 e. The Morgan fingerprint density at radius 1 is 0.923 bits per heavy atom. The molecule has 26 heavy (non-hydrogen) atoms. The molecule has 134 valence electrons. The van der Waals surface area contributed by atoms with E-state index < -0.39 is 11.6 Å². The second kappa shape index (κ2) is 7.17. The Balaban J connectivity index is 1.36. The van der Waals surface area contributed by atoms with E-state index >= 15 is 0 Å². The van der Waals surface area contributed by atoms with E-state index in [9.17, 15) is 8.78 Å². The summed E-state index contributed by atoms with van der Waals surface area (Å²) in [4.78, 5) is 4.30. The zero-order valence-corrected chi connectivity index (χ0v) is 14.1. The van der Waals surface area contributed by atoms with Gasteiger partial charge in [-0.3, -0.25) is 4.90 Å². The molecule has 1 aliphatic rings. The molecule has 1 aromatic carbocycles. The second-order valence-electron chi connectivity index (χ2n) is 6.20. The fourth-order valence-electron chi connectivity index (χ4n) is 3.04. The summed E-state index contributed by atoms with van der Waals surface area (Å²) in [5, 5.41) is 12.6. The average Bonchev–Trinajstić information content (AvgIpc) is 3.20. The van der Waals surface area contributed by atoms with Gasteiger partial charge in [0, 0.05) is 56.7 Å². The number of benzene rings is 1. The molecule has 3 aromatic rings. The highest BCUT2D eigenvalue weighted by Gasteiger charge is 2.19. The molecule has 0 atom stereocenters. The SMILES string of the molecule is Fc1ccc(CN2CCN(c3ccc(-n4cccn4)nn3)CC2)c(F)c1. The Bertz CT molecular complexity index is 858. The van der Waals surface area contributed by atoms with Crippen molar-refractivity contribution in [3.05, 3.63) is 66.0 Å². The molecule has 0 aliphatic carbocycles. The molecule has 1 saturated heterocycles. The van der Waals surface area contributed by atoms with E-state index in [0.29, 0.717) is 17.9 Å². The van der Waals surface area contributed by atoms with E-state index in [1.807, 2.05) is 24.4 Å². The van der Waals surface area contributed by atoms with Crippen molar-refractivity contribution in [1.82, 2.24) is 24.9 Å². The van der Waals surface area contributed by atoms with Gasteiger partial charge in [-0.2, -0.15) is 5.10 Å². The summed E-state index contributed by atoms with van der Waals surface area (Å²) in [6.07, 6.45) is 3.51. The number of hydrogen-bond donors (Lipinski definition) is 0. The number of rotatable bonds is 4. The number of anilines is 1. The molecule has 1 fully saturated rings. The van der Waals surface area contributed by atoms with Crippen molar-refractivity contribution in [3.63, 3.8) is 0 Å². The lowest BCUT2D eigenvalue weighted by Gasteiger charge is -2.35. The third-order valence-electron chi connectivity index (χ3n) is 4.48. The Labute approximate surface area is 149 Å². The van der Waals surface area contributed by atoms with Crippen LogP contribution in [0.4, 0.5) is 14.6 Å². The zero-order valence-electron chi connectivity index (χ0n) is 14.1. The van der Waals surface area contributed by atoms with E-state index in [-0.39, 0.29) is 0 Å². The molecular formula is C18H18F2N6. The van der Waals surface area contributed by atoms with Gasteiger partial charge in [0.15, 0.2) is 11.6 Å². The van der Waals surface area contributed by atoms with Gasteiger partial charge in [0.05, 0.1) is 0 Å². The summed E-state index contributed by atoms with van der Waals surface area (Å²) in [7, 11) is 0. The summed E-state index contributed by atoms with van der Waals surface area (Å²) in [6.45, 7) is 3.58. The van der Waals surface area contributed by atoms with Gasteiger partial charge in [0.2, 0.25) is 0 Å². The predicted molar refractivity (Wildman–Crippen MR) is 93.0 cm³/mol. The van der Waals surface area contributed by atoms with E-state index in [2.05, 4.69) is 25.1 Å². The number of hydrogen-bond acceptors (Lipinski definition) is 5. The summed E-state index contributed by atoms with van der Waals surface area (Å²) >= 11 is 0. The smallest absolute Gasteiger partial charge is 0.175 e. The van der Waals surface area contributed by atoms with Crippen LogP contribution in [0.2, 0.25) is 0 Å². The van der Waals surface area contributed by atoms with Crippen molar-refractivity contribution in [2.75, 3.05) is 31.1 Å². The molecule has 6 nitrogen and oxygen atoms in total. The summed E-state index contributed by atoms with van der Waals surface area (Å²) in [5.74, 6) is 0.443. The monoisotopic (exact) mass is 356 g/mol. The molecule has 1 aliphatic heterocycles. The van der Waals surface area contributed by atoms with Crippen molar-refractivity contribution in [2.24, 2.45) is 0 Å². The number of aromatic nitrogens is 4. The molecule has 0 spiro atoms. The minimum absolute atomic E-state index is 0.476. The van der Waals surface area contributed by atoms with Crippen LogP contribution in [-0.4, -0.2) is 51.1 Å². The summed E-state index contributed by atoms with van der Waals surface area (Å²) < 4.78 is 28.5. The number of nitrogens with zero attached hydrogens (tertiary/aromatic N) is 6. The molecule has 2 aromatic heterocycles. The molecule has 0 saturated carbocycles. The van der Waals surface area contributed by atoms with Crippen LogP contribution in [0.1, 0.15) is 5.56 Å². The highest BCUT2D eigenvalue weighted by Crippen LogP contribution is 2.17. The van der Waals surface area contributed by atoms with E-state index in [4.69, 9.17) is 0 Å². The third-order valence-corrected chi connectivity index (χ3v) is 4.48. The predicted octanol–water partition coefficient (Wildman–Crippen LogP) is 2.26. The van der Waals surface area contributed by atoms with Crippen LogP contribution >= 0.6 is 0 Å². The van der Waals surface area contributed by atoms with Gasteiger partial charge >= 0.3 is 0 Å². The molecular weight excluding hydrogens is 338 g/mol. The van der Waals surface area contributed by atoms with Crippen LogP contribution in [0.25, 0.3) is 5.82 Å². The first kappa shape index (κ1) is 16.6. The second-order valence-corrected chi connectivity index (χ2v) is 6.20. The largest absolute Gasteiger partial charge is 0.353 e. The molecule has 0 unspecified atom stereocenters. The van der Waals surface area contributed by atoms with Gasteiger partial charge in [0.25, 0.3) is 0 Å². The Kier molecular flexibility index (Phi) is 4.57. The van der Waals surface area contributed by atoms with Crippen LogP contribution in [-0.2, 0) is 6.54 Å². The highest BCUT2D eigenvalue weighted by atomic mass is 19.1. The fourth-order valence-corrected chi connectivity index (χ4v) is 3.04. The maximum atomic E-state index is 13.8. The van der Waals surface area contributed by atoms with Crippen molar-refractivity contribution in [3.8, 4) is 5.82 Å². The van der Waals surface area contributed by atoms with Crippen LogP contribution < -0.4 is 4.90 Å². The van der Waals surface area contributed by atoms with Crippen molar-refractivity contribution in [2.45, 2.75) is 6.54 Å². The van der Waals surface area contributed by atoms with Gasteiger partial charge in [0.1, 0.15) is 11.6 Å². The first-order chi connectivity index (χ1) is 12.7. The summed E-state index contributed by atoms with van der Waals surface area (Å²) in [5.41, 5.74) is 0.517. The Hall–Kier alpha value is -2.87. The average molecular weight is 356 g/mol. The molecule has 8 heteroatoms. The van der Waals surface area contributed by atoms with E-state index in [0.717, 1.165) is 38.1 Å². The topological polar surface area (TPSA) is 50.1 Å². The zero-order chi connectivity index (χ0) is 17.9. The molecule has 3 heterocycles. The van der Waals surface area contributed by atoms with Crippen LogP contribution in [0.3, 0.4) is 0 Å². The number of piperazine rings is 1. The molecule has 0 N–H and O–H groups in total. The number of halogens is 2. The van der Waals surface area contributed by atoms with Gasteiger partial charge in [-0.05, 0) is 24.3 Å².